The first kappa shape index (κ1) is 18.7. The van der Waals surface area contributed by atoms with Gasteiger partial charge < -0.3 is 10.4 Å². The Bertz CT molecular complexity index is 805. The van der Waals surface area contributed by atoms with Crippen molar-refractivity contribution in [1.82, 2.24) is 5.32 Å². The van der Waals surface area contributed by atoms with Gasteiger partial charge in [-0.25, -0.2) is 4.79 Å². The quantitative estimate of drug-likeness (QED) is 0.576. The number of hydrogen-bond acceptors (Lipinski definition) is 5. The third-order valence-electron chi connectivity index (χ3n) is 3.58. The highest BCUT2D eigenvalue weighted by atomic mass is 32.2. The fraction of sp³-hybridized carbons (Fsp3) is 0.222. The van der Waals surface area contributed by atoms with Gasteiger partial charge in [0.1, 0.15) is 0 Å². The van der Waals surface area contributed by atoms with Gasteiger partial charge in [0.25, 0.3) is 5.91 Å². The van der Waals surface area contributed by atoms with Crippen LogP contribution in [0.15, 0.2) is 53.1 Å². The molecular weight excluding hydrogens is 340 g/mol. The number of carbonyl (C=O) groups is 2. The molecule has 0 bridgehead atoms. The van der Waals surface area contributed by atoms with Crippen LogP contribution in [-0.4, -0.2) is 28.3 Å². The summed E-state index contributed by atoms with van der Waals surface area (Å²) in [5, 5.41) is 12.2. The van der Waals surface area contributed by atoms with Gasteiger partial charge in [-0.05, 0) is 37.1 Å². The van der Waals surface area contributed by atoms with E-state index in [1.54, 1.807) is 56.3 Å². The third kappa shape index (κ3) is 4.67. The molecule has 0 heterocycles. The number of aromatic carboxylic acids is 1. The molecule has 2 rings (SSSR count). The van der Waals surface area contributed by atoms with Crippen molar-refractivity contribution in [1.29, 1.82) is 0 Å². The zero-order valence-electron chi connectivity index (χ0n) is 13.9. The average molecular weight is 358 g/mol. The monoisotopic (exact) mass is 358 g/mol. The molecule has 2 N–H and O–H groups in total. The minimum absolute atomic E-state index is 0.129. The Kier molecular flexibility index (Phi) is 5.93. The van der Waals surface area contributed by atoms with E-state index in [2.05, 4.69) is 9.90 Å². The molecule has 6 nitrogen and oxygen atoms in total. The highest BCUT2D eigenvalue weighted by Gasteiger charge is 2.22. The fourth-order valence-electron chi connectivity index (χ4n) is 2.34. The summed E-state index contributed by atoms with van der Waals surface area (Å²) in [6.07, 6.45) is 0. The van der Waals surface area contributed by atoms with Gasteiger partial charge in [-0.3, -0.25) is 4.79 Å². The lowest BCUT2D eigenvalue weighted by Gasteiger charge is -2.20. The van der Waals surface area contributed by atoms with Gasteiger partial charge in [-0.15, -0.1) is 4.91 Å². The van der Waals surface area contributed by atoms with Crippen molar-refractivity contribution in [2.24, 2.45) is 4.58 Å². The molecule has 7 heteroatoms. The molecule has 0 aromatic heterocycles. The summed E-state index contributed by atoms with van der Waals surface area (Å²) in [5.41, 5.74) is 1.51. The maximum atomic E-state index is 12.6. The van der Waals surface area contributed by atoms with Crippen LogP contribution in [0.2, 0.25) is 0 Å². The molecule has 0 saturated carbocycles. The smallest absolute Gasteiger partial charge is 0.336 e. The van der Waals surface area contributed by atoms with Gasteiger partial charge in [-0.1, -0.05) is 36.4 Å². The van der Waals surface area contributed by atoms with Crippen LogP contribution in [0, 0.1) is 4.91 Å². The lowest BCUT2D eigenvalue weighted by Crippen LogP contribution is -2.36. The highest BCUT2D eigenvalue weighted by Crippen LogP contribution is 2.28. The van der Waals surface area contributed by atoms with Crippen molar-refractivity contribution in [3.63, 3.8) is 0 Å². The largest absolute Gasteiger partial charge is 0.478 e. The van der Waals surface area contributed by atoms with Gasteiger partial charge in [0.15, 0.2) is 0 Å². The van der Waals surface area contributed by atoms with Crippen LogP contribution < -0.4 is 5.32 Å². The Morgan fingerprint density at radius 2 is 1.56 bits per heavy atom. The van der Waals surface area contributed by atoms with E-state index in [1.807, 2.05) is 0 Å². The normalized spacial score (nSPS) is 11.0. The number of carboxylic acid groups (broad SMARTS) is 1. The van der Waals surface area contributed by atoms with Crippen molar-refractivity contribution in [2.45, 2.75) is 18.6 Å². The fourth-order valence-corrected chi connectivity index (χ4v) is 2.68. The Morgan fingerprint density at radius 3 is 2.12 bits per heavy atom. The number of rotatable bonds is 7. The van der Waals surface area contributed by atoms with E-state index in [9.17, 15) is 19.6 Å². The predicted molar refractivity (Wildman–Crippen MR) is 98.6 cm³/mol. The summed E-state index contributed by atoms with van der Waals surface area (Å²) in [6.45, 7) is 3.84. The SMILES string of the molecule is CC(C)(CNC(=O)c1ccccc1-c1ccccc1C(=O)O)SN=O. The molecule has 0 unspecified atom stereocenters. The van der Waals surface area contributed by atoms with E-state index in [0.29, 0.717) is 16.7 Å². The number of nitrogens with zero attached hydrogens (tertiary/aromatic N) is 1. The molecule has 25 heavy (non-hydrogen) atoms. The number of carbonyl (C=O) groups excluding carboxylic acids is 1. The number of nitroso groups, excluding NO2 is 1. The van der Waals surface area contributed by atoms with Crippen LogP contribution in [-0.2, 0) is 0 Å². The lowest BCUT2D eigenvalue weighted by molar-refractivity contribution is 0.0697. The standard InChI is InChI=1S/C18H18N2O4S/c1-18(2,25-20-24)11-19-16(21)14-9-5-3-7-12(14)13-8-4-6-10-15(13)17(22)23/h3-10H,11H2,1-2H3,(H,19,21)(H,22,23). The van der Waals surface area contributed by atoms with Crippen molar-refractivity contribution in [2.75, 3.05) is 6.54 Å². The maximum absolute atomic E-state index is 12.6. The van der Waals surface area contributed by atoms with Gasteiger partial charge in [0.2, 0.25) is 0 Å². The van der Waals surface area contributed by atoms with E-state index in [0.717, 1.165) is 11.9 Å². The zero-order valence-corrected chi connectivity index (χ0v) is 14.7. The second-order valence-corrected chi connectivity index (χ2v) is 7.44. The Morgan fingerprint density at radius 1 is 1.04 bits per heavy atom. The van der Waals surface area contributed by atoms with Crippen molar-refractivity contribution >= 4 is 23.8 Å². The number of carboxylic acids is 1. The molecular formula is C18H18N2O4S. The van der Waals surface area contributed by atoms with Crippen LogP contribution in [0.4, 0.5) is 0 Å². The van der Waals surface area contributed by atoms with E-state index < -0.39 is 10.7 Å². The Hall–Kier alpha value is -2.67. The molecule has 2 aromatic rings. The van der Waals surface area contributed by atoms with Crippen LogP contribution >= 0.6 is 11.9 Å². The minimum Gasteiger partial charge on any atom is -0.478 e. The zero-order chi connectivity index (χ0) is 18.4. The number of benzene rings is 2. The van der Waals surface area contributed by atoms with E-state index >= 15 is 0 Å². The van der Waals surface area contributed by atoms with Crippen molar-refractivity contribution in [3.8, 4) is 11.1 Å². The molecule has 0 spiro atoms. The molecule has 0 aliphatic carbocycles. The number of hydrogen-bond donors (Lipinski definition) is 2. The first-order valence-electron chi connectivity index (χ1n) is 7.56. The summed E-state index contributed by atoms with van der Waals surface area (Å²) in [4.78, 5) is 34.5. The molecule has 0 fully saturated rings. The summed E-state index contributed by atoms with van der Waals surface area (Å²) < 4.78 is 2.27. The molecule has 0 radical (unpaired) electrons. The highest BCUT2D eigenvalue weighted by molar-refractivity contribution is 7.99. The summed E-state index contributed by atoms with van der Waals surface area (Å²) in [7, 11) is 0. The maximum Gasteiger partial charge on any atom is 0.336 e. The molecule has 0 aliphatic rings. The first-order chi connectivity index (χ1) is 11.9. The van der Waals surface area contributed by atoms with Crippen LogP contribution in [0.3, 0.4) is 0 Å². The van der Waals surface area contributed by atoms with Crippen molar-refractivity contribution < 1.29 is 14.7 Å². The summed E-state index contributed by atoms with van der Waals surface area (Å²) >= 11 is 0.855. The molecule has 0 aliphatic heterocycles. The molecule has 0 atom stereocenters. The van der Waals surface area contributed by atoms with E-state index in [4.69, 9.17) is 0 Å². The molecule has 2 aromatic carbocycles. The van der Waals surface area contributed by atoms with Crippen LogP contribution in [0.5, 0.6) is 0 Å². The lowest BCUT2D eigenvalue weighted by atomic mass is 9.95. The molecule has 130 valence electrons. The Labute approximate surface area is 149 Å². The minimum atomic E-state index is -1.06. The average Bonchev–Trinajstić information content (AvgIpc) is 2.59. The first-order valence-corrected chi connectivity index (χ1v) is 8.34. The third-order valence-corrected chi connectivity index (χ3v) is 4.29. The molecule has 1 amide bonds. The van der Waals surface area contributed by atoms with Gasteiger partial charge in [0, 0.05) is 28.6 Å². The van der Waals surface area contributed by atoms with Gasteiger partial charge in [-0.2, -0.15) is 0 Å². The van der Waals surface area contributed by atoms with Crippen LogP contribution in [0.25, 0.3) is 11.1 Å². The van der Waals surface area contributed by atoms with Crippen LogP contribution in [0.1, 0.15) is 34.6 Å². The van der Waals surface area contributed by atoms with E-state index in [-0.39, 0.29) is 18.0 Å². The second kappa shape index (κ2) is 7.94. The molecule has 0 saturated heterocycles. The summed E-state index contributed by atoms with van der Waals surface area (Å²) in [6, 6.07) is 13.4. The van der Waals surface area contributed by atoms with Gasteiger partial charge in [0.05, 0.1) is 10.3 Å². The number of nitrogens with one attached hydrogen (secondary N) is 1. The summed E-state index contributed by atoms with van der Waals surface area (Å²) in [5.74, 6) is -1.39. The van der Waals surface area contributed by atoms with Gasteiger partial charge >= 0.3 is 5.97 Å². The van der Waals surface area contributed by atoms with E-state index in [1.165, 1.54) is 6.07 Å². The Balaban J connectivity index is 2.35. The van der Waals surface area contributed by atoms with Crippen molar-refractivity contribution in [3.05, 3.63) is 64.6 Å². The predicted octanol–water partition coefficient (Wildman–Crippen LogP) is 3.97. The number of amides is 1. The topological polar surface area (TPSA) is 95.8 Å². The second-order valence-electron chi connectivity index (χ2n) is 6.00.